The van der Waals surface area contributed by atoms with Crippen LogP contribution in [0, 0.1) is 11.8 Å². The van der Waals surface area contributed by atoms with Crippen LogP contribution in [0.25, 0.3) is 0 Å². The predicted molar refractivity (Wildman–Crippen MR) is 73.8 cm³/mol. The predicted octanol–water partition coefficient (Wildman–Crippen LogP) is 4.13. The van der Waals surface area contributed by atoms with E-state index in [0.717, 1.165) is 18.4 Å². The molecule has 0 radical (unpaired) electrons. The molecule has 2 unspecified atom stereocenters. The highest BCUT2D eigenvalue weighted by Crippen LogP contribution is 2.34. The van der Waals surface area contributed by atoms with E-state index in [0.29, 0.717) is 11.8 Å². The van der Waals surface area contributed by atoms with Crippen molar-refractivity contribution < 1.29 is 5.11 Å². The molecule has 0 bridgehead atoms. The lowest BCUT2D eigenvalue weighted by Gasteiger charge is -2.32. The Labute approximate surface area is 105 Å². The largest absolute Gasteiger partial charge is 0.385 e. The Bertz CT molecular complexity index is 342. The van der Waals surface area contributed by atoms with Crippen molar-refractivity contribution in [2.75, 3.05) is 0 Å². The maximum Gasteiger partial charge on any atom is 0.0904 e. The first-order valence-electron chi connectivity index (χ1n) is 6.38. The van der Waals surface area contributed by atoms with Gasteiger partial charge in [-0.3, -0.25) is 0 Å². The Morgan fingerprint density at radius 2 is 1.76 bits per heavy atom. The van der Waals surface area contributed by atoms with Crippen LogP contribution in [0.3, 0.4) is 0 Å². The zero-order chi connectivity index (χ0) is 12.9. The third-order valence-corrected chi connectivity index (χ3v) is 3.12. The molecule has 1 N–H and O–H groups in total. The van der Waals surface area contributed by atoms with E-state index < -0.39 is 5.60 Å². The van der Waals surface area contributed by atoms with Gasteiger partial charge in [0.2, 0.25) is 0 Å². The Balaban J connectivity index is 2.97. The van der Waals surface area contributed by atoms with Crippen LogP contribution in [0.15, 0.2) is 43.0 Å². The van der Waals surface area contributed by atoms with Gasteiger partial charge in [-0.15, -0.1) is 6.58 Å². The highest BCUT2D eigenvalue weighted by Gasteiger charge is 2.31. The van der Waals surface area contributed by atoms with E-state index in [9.17, 15) is 5.11 Å². The van der Waals surface area contributed by atoms with Crippen molar-refractivity contribution in [1.29, 1.82) is 0 Å². The number of aliphatic hydroxyl groups is 1. The van der Waals surface area contributed by atoms with Crippen molar-refractivity contribution in [3.8, 4) is 0 Å². The number of allylic oxidation sites excluding steroid dienone is 1. The zero-order valence-corrected chi connectivity index (χ0v) is 11.2. The van der Waals surface area contributed by atoms with Crippen molar-refractivity contribution in [2.45, 2.75) is 39.2 Å². The standard InChI is InChI=1S/C16H24O/c1-5-14(4)12-16(17,11-13(2)3)15-9-7-6-8-10-15/h5-10,13-14,17H,1,11-12H2,2-4H3. The van der Waals surface area contributed by atoms with Gasteiger partial charge in [0.05, 0.1) is 5.60 Å². The molecule has 1 rings (SSSR count). The fourth-order valence-electron chi connectivity index (χ4n) is 2.36. The van der Waals surface area contributed by atoms with Gasteiger partial charge in [0.25, 0.3) is 0 Å². The Morgan fingerprint density at radius 3 is 2.24 bits per heavy atom. The van der Waals surface area contributed by atoms with Gasteiger partial charge in [0, 0.05) is 0 Å². The Kier molecular flexibility index (Phi) is 4.95. The topological polar surface area (TPSA) is 20.2 Å². The summed E-state index contributed by atoms with van der Waals surface area (Å²) in [4.78, 5) is 0. The van der Waals surface area contributed by atoms with Gasteiger partial charge in [-0.2, -0.15) is 0 Å². The molecule has 0 heterocycles. The molecular formula is C16H24O. The number of hydrogen-bond donors (Lipinski definition) is 1. The smallest absolute Gasteiger partial charge is 0.0904 e. The molecular weight excluding hydrogens is 208 g/mol. The van der Waals surface area contributed by atoms with Crippen LogP contribution in [-0.4, -0.2) is 5.11 Å². The summed E-state index contributed by atoms with van der Waals surface area (Å²) in [6, 6.07) is 9.98. The molecule has 1 heteroatoms. The minimum Gasteiger partial charge on any atom is -0.385 e. The summed E-state index contributed by atoms with van der Waals surface area (Å²) in [6.45, 7) is 10.2. The summed E-state index contributed by atoms with van der Waals surface area (Å²) >= 11 is 0. The molecule has 1 nitrogen and oxygen atoms in total. The normalized spacial score (nSPS) is 16.5. The number of benzene rings is 1. The van der Waals surface area contributed by atoms with Crippen LogP contribution < -0.4 is 0 Å². The molecule has 0 saturated heterocycles. The minimum absolute atomic E-state index is 0.318. The number of rotatable bonds is 6. The number of hydrogen-bond acceptors (Lipinski definition) is 1. The monoisotopic (exact) mass is 232 g/mol. The molecule has 94 valence electrons. The summed E-state index contributed by atoms with van der Waals surface area (Å²) in [7, 11) is 0. The third-order valence-electron chi connectivity index (χ3n) is 3.12. The van der Waals surface area contributed by atoms with E-state index in [1.165, 1.54) is 0 Å². The molecule has 2 atom stereocenters. The second-order valence-electron chi connectivity index (χ2n) is 5.41. The van der Waals surface area contributed by atoms with E-state index in [4.69, 9.17) is 0 Å². The molecule has 0 aliphatic heterocycles. The van der Waals surface area contributed by atoms with Crippen molar-refractivity contribution >= 4 is 0 Å². The van der Waals surface area contributed by atoms with Crippen LogP contribution in [0.4, 0.5) is 0 Å². The van der Waals surface area contributed by atoms with Crippen LogP contribution in [0.5, 0.6) is 0 Å². The molecule has 1 aromatic carbocycles. The van der Waals surface area contributed by atoms with Gasteiger partial charge < -0.3 is 5.11 Å². The highest BCUT2D eigenvalue weighted by atomic mass is 16.3. The summed E-state index contributed by atoms with van der Waals surface area (Å²) in [6.07, 6.45) is 3.43. The zero-order valence-electron chi connectivity index (χ0n) is 11.2. The molecule has 0 spiro atoms. The fourth-order valence-corrected chi connectivity index (χ4v) is 2.36. The van der Waals surface area contributed by atoms with Crippen molar-refractivity contribution in [3.63, 3.8) is 0 Å². The quantitative estimate of drug-likeness (QED) is 0.731. The van der Waals surface area contributed by atoms with Crippen LogP contribution in [-0.2, 0) is 5.60 Å². The van der Waals surface area contributed by atoms with Gasteiger partial charge in [-0.25, -0.2) is 0 Å². The van der Waals surface area contributed by atoms with Crippen molar-refractivity contribution in [2.24, 2.45) is 11.8 Å². The Hall–Kier alpha value is -1.08. The molecule has 0 saturated carbocycles. The van der Waals surface area contributed by atoms with E-state index in [-0.39, 0.29) is 0 Å². The summed E-state index contributed by atoms with van der Waals surface area (Å²) in [5.74, 6) is 0.788. The van der Waals surface area contributed by atoms with Crippen LogP contribution in [0.2, 0.25) is 0 Å². The molecule has 0 aliphatic rings. The van der Waals surface area contributed by atoms with Gasteiger partial charge >= 0.3 is 0 Å². The SMILES string of the molecule is C=CC(C)CC(O)(CC(C)C)c1ccccc1. The lowest BCUT2D eigenvalue weighted by molar-refractivity contribution is -0.00165. The second-order valence-corrected chi connectivity index (χ2v) is 5.41. The maximum atomic E-state index is 10.9. The first-order valence-corrected chi connectivity index (χ1v) is 6.38. The minimum atomic E-state index is -0.733. The Morgan fingerprint density at radius 1 is 1.18 bits per heavy atom. The van der Waals surface area contributed by atoms with E-state index in [1.54, 1.807) is 0 Å². The van der Waals surface area contributed by atoms with Gasteiger partial charge in [0.15, 0.2) is 0 Å². The van der Waals surface area contributed by atoms with E-state index >= 15 is 0 Å². The molecule has 1 aromatic rings. The molecule has 0 fully saturated rings. The van der Waals surface area contributed by atoms with Crippen LogP contribution >= 0.6 is 0 Å². The average molecular weight is 232 g/mol. The molecule has 17 heavy (non-hydrogen) atoms. The van der Waals surface area contributed by atoms with Gasteiger partial charge in [-0.05, 0) is 30.2 Å². The fraction of sp³-hybridized carbons (Fsp3) is 0.500. The maximum absolute atomic E-state index is 10.9. The summed E-state index contributed by atoms with van der Waals surface area (Å²) in [5, 5.41) is 10.9. The summed E-state index contributed by atoms with van der Waals surface area (Å²) in [5.41, 5.74) is 0.283. The van der Waals surface area contributed by atoms with Gasteiger partial charge in [0.1, 0.15) is 0 Å². The second kappa shape index (κ2) is 6.02. The van der Waals surface area contributed by atoms with Crippen molar-refractivity contribution in [1.82, 2.24) is 0 Å². The molecule has 0 aromatic heterocycles. The lowest BCUT2D eigenvalue weighted by atomic mass is 9.79. The van der Waals surface area contributed by atoms with Crippen molar-refractivity contribution in [3.05, 3.63) is 48.6 Å². The molecule has 0 aliphatic carbocycles. The summed E-state index contributed by atoms with van der Waals surface area (Å²) < 4.78 is 0. The van der Waals surface area contributed by atoms with Gasteiger partial charge in [-0.1, -0.05) is 57.2 Å². The van der Waals surface area contributed by atoms with E-state index in [1.807, 2.05) is 36.4 Å². The average Bonchev–Trinajstić information content (AvgIpc) is 2.29. The van der Waals surface area contributed by atoms with Crippen LogP contribution in [0.1, 0.15) is 39.2 Å². The highest BCUT2D eigenvalue weighted by molar-refractivity contribution is 5.22. The molecule has 0 amide bonds. The lowest BCUT2D eigenvalue weighted by Crippen LogP contribution is -2.29. The first kappa shape index (κ1) is 14.0. The first-order chi connectivity index (χ1) is 7.98. The van der Waals surface area contributed by atoms with E-state index in [2.05, 4.69) is 27.4 Å². The third kappa shape index (κ3) is 4.01.